The van der Waals surface area contributed by atoms with Crippen LogP contribution < -0.4 is 0 Å². The quantitative estimate of drug-likeness (QED) is 0.388. The molecule has 2 unspecified atom stereocenters. The highest BCUT2D eigenvalue weighted by Gasteiger charge is 2.53. The van der Waals surface area contributed by atoms with Gasteiger partial charge in [-0.05, 0) is 54.6 Å². The molecule has 0 amide bonds. The van der Waals surface area contributed by atoms with E-state index in [0.29, 0.717) is 30.9 Å². The van der Waals surface area contributed by atoms with Crippen molar-refractivity contribution < 1.29 is 14.6 Å². The molecule has 36 heavy (non-hydrogen) atoms. The highest BCUT2D eigenvalue weighted by molar-refractivity contribution is 5.27. The Bertz CT molecular complexity index is 756. The molecule has 4 rings (SSSR count). The van der Waals surface area contributed by atoms with Gasteiger partial charge in [-0.2, -0.15) is 0 Å². The normalized spacial score (nSPS) is 24.9. The van der Waals surface area contributed by atoms with Crippen molar-refractivity contribution in [2.24, 2.45) is 17.8 Å². The van der Waals surface area contributed by atoms with Crippen molar-refractivity contribution in [1.29, 1.82) is 0 Å². The molecule has 3 aliphatic rings. The van der Waals surface area contributed by atoms with E-state index >= 15 is 0 Å². The summed E-state index contributed by atoms with van der Waals surface area (Å²) in [5.41, 5.74) is 2.97. The van der Waals surface area contributed by atoms with Crippen LogP contribution in [0.4, 0.5) is 0 Å². The molecule has 1 N–H and O–H groups in total. The average molecular weight is 500 g/mol. The number of hydrogen-bond donors (Lipinski definition) is 1. The van der Waals surface area contributed by atoms with Crippen LogP contribution in [-0.2, 0) is 21.3 Å². The maximum Gasteiger partial charge on any atom is 0.174 e. The minimum atomic E-state index is -0.350. The van der Waals surface area contributed by atoms with E-state index in [1.54, 1.807) is 0 Å². The van der Waals surface area contributed by atoms with E-state index in [4.69, 9.17) is 9.47 Å². The summed E-state index contributed by atoms with van der Waals surface area (Å²) in [5, 5.41) is 9.82. The lowest BCUT2D eigenvalue weighted by Crippen LogP contribution is -2.49. The van der Waals surface area contributed by atoms with Crippen LogP contribution in [0.25, 0.3) is 0 Å². The fraction of sp³-hybridized carbons (Fsp3) is 0.812. The van der Waals surface area contributed by atoms with Gasteiger partial charge in [-0.25, -0.2) is 0 Å². The second-order valence-corrected chi connectivity index (χ2v) is 13.2. The van der Waals surface area contributed by atoms with Crippen LogP contribution in [0, 0.1) is 17.8 Å². The van der Waals surface area contributed by atoms with Gasteiger partial charge in [0.05, 0.1) is 19.3 Å². The summed E-state index contributed by atoms with van der Waals surface area (Å²) in [5.74, 6) is 1.28. The van der Waals surface area contributed by atoms with Crippen molar-refractivity contribution in [2.45, 2.75) is 116 Å². The van der Waals surface area contributed by atoms with Gasteiger partial charge in [-0.15, -0.1) is 0 Å². The molecular formula is C32H53NO3. The molecule has 0 spiro atoms. The lowest BCUT2D eigenvalue weighted by atomic mass is 9.72. The molecular weight excluding hydrogens is 446 g/mol. The van der Waals surface area contributed by atoms with Gasteiger partial charge >= 0.3 is 0 Å². The Hall–Kier alpha value is -0.940. The van der Waals surface area contributed by atoms with E-state index < -0.39 is 0 Å². The molecule has 2 atom stereocenters. The zero-order valence-corrected chi connectivity index (χ0v) is 23.6. The van der Waals surface area contributed by atoms with Crippen LogP contribution in [-0.4, -0.2) is 54.7 Å². The maximum absolute atomic E-state index is 9.82. The van der Waals surface area contributed by atoms with Crippen LogP contribution in [0.1, 0.15) is 103 Å². The zero-order chi connectivity index (χ0) is 25.6. The van der Waals surface area contributed by atoms with Crippen LogP contribution >= 0.6 is 0 Å². The summed E-state index contributed by atoms with van der Waals surface area (Å²) in [7, 11) is 0. The number of ether oxygens (including phenoxy) is 2. The zero-order valence-electron chi connectivity index (χ0n) is 23.6. The second kappa shape index (κ2) is 12.7. The topological polar surface area (TPSA) is 41.9 Å². The van der Waals surface area contributed by atoms with Gasteiger partial charge < -0.3 is 14.6 Å². The Kier molecular flexibility index (Phi) is 9.93. The lowest BCUT2D eigenvalue weighted by Gasteiger charge is -2.45. The number of hydrogen-bond acceptors (Lipinski definition) is 4. The molecule has 0 aromatic heterocycles. The molecule has 4 nitrogen and oxygen atoms in total. The summed E-state index contributed by atoms with van der Waals surface area (Å²) in [4.78, 5) is 2.42. The van der Waals surface area contributed by atoms with Crippen molar-refractivity contribution in [2.75, 3.05) is 32.8 Å². The largest absolute Gasteiger partial charge is 0.395 e. The third-order valence-electron chi connectivity index (χ3n) is 9.05. The Morgan fingerprint density at radius 3 is 2.06 bits per heavy atom. The van der Waals surface area contributed by atoms with Crippen LogP contribution in [0.3, 0.4) is 0 Å². The molecule has 3 fully saturated rings. The van der Waals surface area contributed by atoms with Crippen LogP contribution in [0.2, 0.25) is 0 Å². The molecule has 4 heteroatoms. The van der Waals surface area contributed by atoms with Crippen molar-refractivity contribution in [3.05, 3.63) is 35.4 Å². The first kappa shape index (κ1) is 28.1. The van der Waals surface area contributed by atoms with Crippen molar-refractivity contribution in [3.8, 4) is 0 Å². The summed E-state index contributed by atoms with van der Waals surface area (Å²) in [6, 6.07) is 9.16. The molecule has 0 radical (unpaired) electrons. The Morgan fingerprint density at radius 1 is 0.944 bits per heavy atom. The van der Waals surface area contributed by atoms with Crippen LogP contribution in [0.5, 0.6) is 0 Å². The molecule has 1 saturated heterocycles. The highest BCUT2D eigenvalue weighted by atomic mass is 16.7. The molecule has 1 aliphatic heterocycles. The smallest absolute Gasteiger partial charge is 0.174 e. The first-order chi connectivity index (χ1) is 17.3. The molecule has 2 aliphatic carbocycles. The van der Waals surface area contributed by atoms with Gasteiger partial charge in [0.1, 0.15) is 0 Å². The van der Waals surface area contributed by atoms with Crippen molar-refractivity contribution >= 4 is 0 Å². The lowest BCUT2D eigenvalue weighted by molar-refractivity contribution is -0.251. The number of benzene rings is 1. The molecule has 1 heterocycles. The minimum absolute atomic E-state index is 0.110. The third kappa shape index (κ3) is 7.12. The number of nitrogens with zero attached hydrogens (tertiary/aromatic N) is 1. The maximum atomic E-state index is 9.82. The summed E-state index contributed by atoms with van der Waals surface area (Å²) < 4.78 is 13.7. The van der Waals surface area contributed by atoms with E-state index in [1.807, 2.05) is 0 Å². The predicted octanol–water partition coefficient (Wildman–Crippen LogP) is 6.73. The minimum Gasteiger partial charge on any atom is -0.395 e. The first-order valence-electron chi connectivity index (χ1n) is 15.0. The van der Waals surface area contributed by atoms with Gasteiger partial charge in [-0.3, -0.25) is 4.90 Å². The fourth-order valence-electron chi connectivity index (χ4n) is 7.15. The molecule has 1 aromatic rings. The van der Waals surface area contributed by atoms with Crippen LogP contribution in [0.15, 0.2) is 24.3 Å². The van der Waals surface area contributed by atoms with E-state index in [1.165, 1.54) is 75.3 Å². The van der Waals surface area contributed by atoms with E-state index in [0.717, 1.165) is 19.5 Å². The van der Waals surface area contributed by atoms with Gasteiger partial charge in [0, 0.05) is 31.5 Å². The van der Waals surface area contributed by atoms with Crippen molar-refractivity contribution in [3.63, 3.8) is 0 Å². The van der Waals surface area contributed by atoms with Gasteiger partial charge in [0.25, 0.3) is 0 Å². The molecule has 204 valence electrons. The number of rotatable bonds is 10. The van der Waals surface area contributed by atoms with E-state index in [-0.39, 0.29) is 23.9 Å². The standard InChI is InChI=1S/C32H53NO3/c1-25(21-26-15-17-27(18-16-26)31(2,3)4)22-33(19-20-34)23-30-24-35-32(36-30,28-11-7-5-8-12-28)29-13-9-6-10-14-29/h15-18,25,28-30,34H,5-14,19-24H2,1-4H3. The van der Waals surface area contributed by atoms with E-state index in [2.05, 4.69) is 56.9 Å². The summed E-state index contributed by atoms with van der Waals surface area (Å²) in [6.45, 7) is 12.6. The number of aliphatic hydroxyl groups is 1. The van der Waals surface area contributed by atoms with Gasteiger partial charge in [-0.1, -0.05) is 90.5 Å². The predicted molar refractivity (Wildman–Crippen MR) is 148 cm³/mol. The molecule has 1 aromatic carbocycles. The highest BCUT2D eigenvalue weighted by Crippen LogP contribution is 2.49. The van der Waals surface area contributed by atoms with Gasteiger partial charge in [0.15, 0.2) is 5.79 Å². The second-order valence-electron chi connectivity index (χ2n) is 13.2. The first-order valence-corrected chi connectivity index (χ1v) is 15.0. The summed E-state index contributed by atoms with van der Waals surface area (Å²) in [6.07, 6.45) is 14.2. The SMILES string of the molecule is CC(Cc1ccc(C(C)(C)C)cc1)CN(CCO)CC1COC(C2CCCCC2)(C2CCCCC2)O1. The van der Waals surface area contributed by atoms with Crippen molar-refractivity contribution in [1.82, 2.24) is 4.90 Å². The Balaban J connectivity index is 1.36. The van der Waals surface area contributed by atoms with Gasteiger partial charge in [0.2, 0.25) is 0 Å². The monoisotopic (exact) mass is 499 g/mol. The molecule has 2 saturated carbocycles. The molecule has 0 bridgehead atoms. The fourth-order valence-corrected chi connectivity index (χ4v) is 7.15. The van der Waals surface area contributed by atoms with E-state index in [9.17, 15) is 5.11 Å². The number of aliphatic hydroxyl groups excluding tert-OH is 1. The summed E-state index contributed by atoms with van der Waals surface area (Å²) >= 11 is 0. The average Bonchev–Trinajstić information content (AvgIpc) is 3.30. The Labute approximate surface area is 221 Å². The Morgan fingerprint density at radius 2 is 1.53 bits per heavy atom. The third-order valence-corrected chi connectivity index (χ3v) is 9.05.